The zero-order valence-electron chi connectivity index (χ0n) is 8.41. The van der Waals surface area contributed by atoms with Crippen LogP contribution in [0.5, 0.6) is 0 Å². The zero-order valence-corrected chi connectivity index (χ0v) is 9.16. The van der Waals surface area contributed by atoms with Crippen molar-refractivity contribution in [1.29, 1.82) is 5.26 Å². The SMILES string of the molecule is Cn1cnc(C#N)c1-c1cc(Cl)ccc1F. The van der Waals surface area contributed by atoms with Crippen LogP contribution in [0.15, 0.2) is 24.5 Å². The number of hydrogen-bond acceptors (Lipinski definition) is 2. The third kappa shape index (κ3) is 1.66. The van der Waals surface area contributed by atoms with Crippen LogP contribution in [0.25, 0.3) is 11.3 Å². The molecule has 0 atom stereocenters. The van der Waals surface area contributed by atoms with Gasteiger partial charge < -0.3 is 4.57 Å². The predicted molar refractivity (Wildman–Crippen MR) is 58.3 cm³/mol. The molecule has 0 amide bonds. The summed E-state index contributed by atoms with van der Waals surface area (Å²) in [7, 11) is 1.70. The molecular weight excluding hydrogens is 229 g/mol. The Morgan fingerprint density at radius 3 is 2.94 bits per heavy atom. The van der Waals surface area contributed by atoms with Gasteiger partial charge in [0.2, 0.25) is 0 Å². The lowest BCUT2D eigenvalue weighted by atomic mass is 10.1. The van der Waals surface area contributed by atoms with Crippen LogP contribution in [-0.4, -0.2) is 9.55 Å². The predicted octanol–water partition coefficient (Wildman–Crippen LogP) is 2.75. The smallest absolute Gasteiger partial charge is 0.166 e. The van der Waals surface area contributed by atoms with Crippen molar-refractivity contribution in [2.75, 3.05) is 0 Å². The number of halogens is 2. The highest BCUT2D eigenvalue weighted by atomic mass is 35.5. The first-order valence-corrected chi connectivity index (χ1v) is 4.88. The number of imidazole rings is 1. The van der Waals surface area contributed by atoms with Gasteiger partial charge in [0.05, 0.1) is 12.0 Å². The number of aryl methyl sites for hydroxylation is 1. The van der Waals surface area contributed by atoms with Crippen LogP contribution >= 0.6 is 11.6 Å². The molecule has 3 nitrogen and oxygen atoms in total. The Labute approximate surface area is 96.7 Å². The lowest BCUT2D eigenvalue weighted by Gasteiger charge is -2.05. The molecular formula is C11H7ClFN3. The van der Waals surface area contributed by atoms with Gasteiger partial charge in [-0.2, -0.15) is 5.26 Å². The number of benzene rings is 1. The summed E-state index contributed by atoms with van der Waals surface area (Å²) in [5, 5.41) is 9.29. The van der Waals surface area contributed by atoms with Gasteiger partial charge in [-0.05, 0) is 18.2 Å². The first-order chi connectivity index (χ1) is 7.63. The van der Waals surface area contributed by atoms with Gasteiger partial charge in [0.1, 0.15) is 11.9 Å². The van der Waals surface area contributed by atoms with Gasteiger partial charge in [-0.3, -0.25) is 0 Å². The average molecular weight is 236 g/mol. The third-order valence-corrected chi connectivity index (χ3v) is 2.46. The Hall–Kier alpha value is -1.86. The second-order valence-electron chi connectivity index (χ2n) is 3.29. The van der Waals surface area contributed by atoms with Crippen molar-refractivity contribution in [3.8, 4) is 17.3 Å². The van der Waals surface area contributed by atoms with E-state index in [9.17, 15) is 4.39 Å². The summed E-state index contributed by atoms with van der Waals surface area (Å²) in [5.41, 5.74) is 0.898. The van der Waals surface area contributed by atoms with Crippen LogP contribution in [0, 0.1) is 17.1 Å². The first kappa shape index (κ1) is 10.7. The lowest BCUT2D eigenvalue weighted by molar-refractivity contribution is 0.629. The standard InChI is InChI=1S/C11H7ClFN3/c1-16-6-15-10(5-14)11(16)8-4-7(12)2-3-9(8)13/h2-4,6H,1H3. The minimum absolute atomic E-state index is 0.184. The molecule has 0 fully saturated rings. The molecule has 0 aliphatic carbocycles. The quantitative estimate of drug-likeness (QED) is 0.763. The molecule has 0 N–H and O–H groups in total. The second-order valence-corrected chi connectivity index (χ2v) is 3.73. The van der Waals surface area contributed by atoms with E-state index >= 15 is 0 Å². The molecule has 0 saturated carbocycles. The zero-order chi connectivity index (χ0) is 11.7. The van der Waals surface area contributed by atoms with E-state index < -0.39 is 5.82 Å². The molecule has 0 spiro atoms. The van der Waals surface area contributed by atoms with Crippen LogP contribution in [0.2, 0.25) is 5.02 Å². The van der Waals surface area contributed by atoms with Crippen molar-refractivity contribution in [3.63, 3.8) is 0 Å². The molecule has 1 aromatic heterocycles. The van der Waals surface area contributed by atoms with Crippen LogP contribution < -0.4 is 0 Å². The van der Waals surface area contributed by atoms with Crippen molar-refractivity contribution < 1.29 is 4.39 Å². The minimum atomic E-state index is -0.426. The molecule has 16 heavy (non-hydrogen) atoms. The third-order valence-electron chi connectivity index (χ3n) is 2.23. The molecule has 2 rings (SSSR count). The van der Waals surface area contributed by atoms with E-state index in [2.05, 4.69) is 4.98 Å². The summed E-state index contributed by atoms with van der Waals surface area (Å²) in [4.78, 5) is 3.87. The van der Waals surface area contributed by atoms with Crippen molar-refractivity contribution in [1.82, 2.24) is 9.55 Å². The van der Waals surface area contributed by atoms with E-state index in [1.54, 1.807) is 11.6 Å². The Morgan fingerprint density at radius 1 is 1.50 bits per heavy atom. The van der Waals surface area contributed by atoms with E-state index in [0.717, 1.165) is 0 Å². The van der Waals surface area contributed by atoms with E-state index in [4.69, 9.17) is 16.9 Å². The summed E-state index contributed by atoms with van der Waals surface area (Å²) in [6, 6.07) is 6.13. The summed E-state index contributed by atoms with van der Waals surface area (Å²) in [6.45, 7) is 0. The molecule has 80 valence electrons. The maximum Gasteiger partial charge on any atom is 0.166 e. The molecule has 0 radical (unpaired) electrons. The Balaban J connectivity index is 2.72. The summed E-state index contributed by atoms with van der Waals surface area (Å²) in [5.74, 6) is -0.426. The van der Waals surface area contributed by atoms with E-state index in [0.29, 0.717) is 10.7 Å². The highest BCUT2D eigenvalue weighted by Gasteiger charge is 2.15. The molecule has 0 aliphatic rings. The normalized spacial score (nSPS) is 10.1. The topological polar surface area (TPSA) is 41.6 Å². The van der Waals surface area contributed by atoms with Crippen molar-refractivity contribution in [2.45, 2.75) is 0 Å². The Morgan fingerprint density at radius 2 is 2.25 bits per heavy atom. The summed E-state index contributed by atoms with van der Waals surface area (Å²) in [6.07, 6.45) is 1.47. The van der Waals surface area contributed by atoms with E-state index in [-0.39, 0.29) is 11.3 Å². The monoisotopic (exact) mass is 235 g/mol. The van der Waals surface area contributed by atoms with Gasteiger partial charge in [-0.15, -0.1) is 0 Å². The molecule has 0 saturated heterocycles. The van der Waals surface area contributed by atoms with Crippen LogP contribution in [0.4, 0.5) is 4.39 Å². The fourth-order valence-corrected chi connectivity index (χ4v) is 1.68. The first-order valence-electron chi connectivity index (χ1n) is 4.50. The van der Waals surface area contributed by atoms with Gasteiger partial charge in [-0.25, -0.2) is 9.37 Å². The van der Waals surface area contributed by atoms with Gasteiger partial charge in [0.15, 0.2) is 5.69 Å². The molecule has 2 aromatic rings. The van der Waals surface area contributed by atoms with Gasteiger partial charge in [-0.1, -0.05) is 11.6 Å². The number of rotatable bonds is 1. The van der Waals surface area contributed by atoms with E-state index in [1.165, 1.54) is 24.5 Å². The largest absolute Gasteiger partial charge is 0.333 e. The fraction of sp³-hybridized carbons (Fsp3) is 0.0909. The molecule has 1 aromatic carbocycles. The average Bonchev–Trinajstić information content (AvgIpc) is 2.63. The van der Waals surface area contributed by atoms with Gasteiger partial charge in [0.25, 0.3) is 0 Å². The molecule has 0 bridgehead atoms. The number of nitriles is 1. The number of hydrogen-bond donors (Lipinski definition) is 0. The Bertz CT molecular complexity index is 583. The Kier molecular flexibility index (Phi) is 2.63. The maximum absolute atomic E-state index is 13.6. The van der Waals surface area contributed by atoms with Crippen molar-refractivity contribution in [3.05, 3.63) is 41.1 Å². The van der Waals surface area contributed by atoms with Crippen molar-refractivity contribution in [2.24, 2.45) is 7.05 Å². The number of aromatic nitrogens is 2. The van der Waals surface area contributed by atoms with Crippen LogP contribution in [-0.2, 0) is 7.05 Å². The van der Waals surface area contributed by atoms with Crippen LogP contribution in [0.3, 0.4) is 0 Å². The van der Waals surface area contributed by atoms with Crippen LogP contribution in [0.1, 0.15) is 5.69 Å². The van der Waals surface area contributed by atoms with Crippen molar-refractivity contribution >= 4 is 11.6 Å². The molecule has 0 unspecified atom stereocenters. The fourth-order valence-electron chi connectivity index (χ4n) is 1.51. The summed E-state index contributed by atoms with van der Waals surface area (Å²) < 4.78 is 15.2. The van der Waals surface area contributed by atoms with Gasteiger partial charge >= 0.3 is 0 Å². The number of nitrogens with zero attached hydrogens (tertiary/aromatic N) is 3. The molecule has 0 aliphatic heterocycles. The molecule has 5 heteroatoms. The maximum atomic E-state index is 13.6. The summed E-state index contributed by atoms with van der Waals surface area (Å²) >= 11 is 5.80. The van der Waals surface area contributed by atoms with Gasteiger partial charge in [0, 0.05) is 17.6 Å². The molecule has 1 heterocycles. The van der Waals surface area contributed by atoms with E-state index in [1.807, 2.05) is 6.07 Å². The highest BCUT2D eigenvalue weighted by molar-refractivity contribution is 6.30. The highest BCUT2D eigenvalue weighted by Crippen LogP contribution is 2.27. The second kappa shape index (κ2) is 3.95. The lowest BCUT2D eigenvalue weighted by Crippen LogP contribution is -1.94. The minimum Gasteiger partial charge on any atom is -0.333 e.